The first-order chi connectivity index (χ1) is 10.1. The van der Waals surface area contributed by atoms with Crippen molar-refractivity contribution >= 4 is 23.3 Å². The number of nitrogens with zero attached hydrogens (tertiary/aromatic N) is 3. The van der Waals surface area contributed by atoms with Crippen molar-refractivity contribution in [2.45, 2.75) is 0 Å². The summed E-state index contributed by atoms with van der Waals surface area (Å²) in [6.07, 6.45) is 1.39. The van der Waals surface area contributed by atoms with E-state index in [0.29, 0.717) is 11.3 Å². The van der Waals surface area contributed by atoms with Crippen molar-refractivity contribution in [3.63, 3.8) is 0 Å². The van der Waals surface area contributed by atoms with E-state index in [1.165, 1.54) is 36.5 Å². The van der Waals surface area contributed by atoms with Crippen LogP contribution in [0.2, 0.25) is 0 Å². The van der Waals surface area contributed by atoms with Gasteiger partial charge in [0, 0.05) is 29.8 Å². The average Bonchev–Trinajstić information content (AvgIpc) is 2.48. The Morgan fingerprint density at radius 3 is 2.24 bits per heavy atom. The van der Waals surface area contributed by atoms with E-state index in [4.69, 9.17) is 0 Å². The Kier molecular flexibility index (Phi) is 4.20. The minimum Gasteiger partial charge on any atom is -0.278 e. The van der Waals surface area contributed by atoms with Crippen molar-refractivity contribution in [3.8, 4) is 0 Å². The second-order valence-electron chi connectivity index (χ2n) is 4.03. The zero-order valence-electron chi connectivity index (χ0n) is 10.7. The van der Waals surface area contributed by atoms with Crippen LogP contribution in [0.15, 0.2) is 53.6 Å². The zero-order valence-corrected chi connectivity index (χ0v) is 10.7. The highest BCUT2D eigenvalue weighted by atomic mass is 16.6. The van der Waals surface area contributed by atoms with Crippen LogP contribution in [0, 0.1) is 20.2 Å². The molecule has 0 aliphatic carbocycles. The molecule has 2 aromatic carbocycles. The van der Waals surface area contributed by atoms with E-state index < -0.39 is 9.85 Å². The molecule has 0 bridgehead atoms. The fourth-order valence-electron chi connectivity index (χ4n) is 1.59. The quantitative estimate of drug-likeness (QED) is 0.516. The molecule has 0 saturated carbocycles. The highest BCUT2D eigenvalue weighted by molar-refractivity contribution is 5.81. The lowest BCUT2D eigenvalue weighted by atomic mass is 10.2. The lowest BCUT2D eigenvalue weighted by Crippen LogP contribution is -1.94. The van der Waals surface area contributed by atoms with Crippen LogP contribution >= 0.6 is 0 Å². The molecule has 0 aliphatic rings. The summed E-state index contributed by atoms with van der Waals surface area (Å²) in [5, 5.41) is 25.1. The number of hydrogen-bond acceptors (Lipinski definition) is 6. The van der Waals surface area contributed by atoms with E-state index in [2.05, 4.69) is 10.5 Å². The number of anilines is 1. The summed E-state index contributed by atoms with van der Waals surface area (Å²) >= 11 is 0. The third kappa shape index (κ3) is 3.83. The van der Waals surface area contributed by atoms with Crippen LogP contribution in [0.4, 0.5) is 17.1 Å². The van der Waals surface area contributed by atoms with E-state index in [0.717, 1.165) is 0 Å². The van der Waals surface area contributed by atoms with Gasteiger partial charge in [0.1, 0.15) is 0 Å². The Morgan fingerprint density at radius 1 is 0.952 bits per heavy atom. The molecule has 0 atom stereocenters. The van der Waals surface area contributed by atoms with Crippen molar-refractivity contribution in [2.24, 2.45) is 5.10 Å². The summed E-state index contributed by atoms with van der Waals surface area (Å²) in [6, 6.07) is 11.8. The van der Waals surface area contributed by atoms with E-state index in [1.807, 2.05) is 0 Å². The zero-order chi connectivity index (χ0) is 15.2. The number of nitro groups is 2. The average molecular weight is 286 g/mol. The third-order valence-corrected chi connectivity index (χ3v) is 2.55. The fourth-order valence-corrected chi connectivity index (χ4v) is 1.59. The standard InChI is InChI=1S/C13H10N4O4/c18-16(19)12-5-1-3-10(7-12)9-14-15-11-4-2-6-13(8-11)17(20)21/h1-9,15H/b14-9-. The van der Waals surface area contributed by atoms with E-state index in [1.54, 1.807) is 18.2 Å². The molecule has 2 rings (SSSR count). The second-order valence-corrected chi connectivity index (χ2v) is 4.03. The van der Waals surface area contributed by atoms with Crippen LogP contribution in [-0.2, 0) is 0 Å². The van der Waals surface area contributed by atoms with Gasteiger partial charge in [-0.15, -0.1) is 0 Å². The van der Waals surface area contributed by atoms with Gasteiger partial charge in [-0.2, -0.15) is 5.10 Å². The Morgan fingerprint density at radius 2 is 1.57 bits per heavy atom. The topological polar surface area (TPSA) is 111 Å². The molecule has 0 saturated heterocycles. The summed E-state index contributed by atoms with van der Waals surface area (Å²) < 4.78 is 0. The molecule has 0 amide bonds. The summed E-state index contributed by atoms with van der Waals surface area (Å²) in [6.45, 7) is 0. The molecule has 8 nitrogen and oxygen atoms in total. The number of rotatable bonds is 5. The smallest absolute Gasteiger partial charge is 0.271 e. The first-order valence-electron chi connectivity index (χ1n) is 5.84. The first-order valence-corrected chi connectivity index (χ1v) is 5.84. The number of non-ortho nitro benzene ring substituents is 2. The maximum Gasteiger partial charge on any atom is 0.271 e. The van der Waals surface area contributed by atoms with E-state index in [-0.39, 0.29) is 11.4 Å². The highest BCUT2D eigenvalue weighted by Gasteiger charge is 2.05. The van der Waals surface area contributed by atoms with Crippen molar-refractivity contribution in [3.05, 3.63) is 74.3 Å². The van der Waals surface area contributed by atoms with Gasteiger partial charge in [0.2, 0.25) is 0 Å². The van der Waals surface area contributed by atoms with Gasteiger partial charge < -0.3 is 0 Å². The normalized spacial score (nSPS) is 10.5. The first kappa shape index (κ1) is 14.1. The molecular weight excluding hydrogens is 276 g/mol. The van der Waals surface area contributed by atoms with Gasteiger partial charge in [-0.3, -0.25) is 25.7 Å². The monoisotopic (exact) mass is 286 g/mol. The number of hydrazone groups is 1. The minimum atomic E-state index is -0.505. The van der Waals surface area contributed by atoms with Crippen molar-refractivity contribution in [2.75, 3.05) is 5.43 Å². The molecule has 1 N–H and O–H groups in total. The Balaban J connectivity index is 2.09. The van der Waals surface area contributed by atoms with Crippen molar-refractivity contribution in [1.29, 1.82) is 0 Å². The molecule has 8 heteroatoms. The Bertz CT molecular complexity index is 715. The van der Waals surface area contributed by atoms with E-state index >= 15 is 0 Å². The lowest BCUT2D eigenvalue weighted by molar-refractivity contribution is -0.385. The van der Waals surface area contributed by atoms with Crippen LogP contribution in [-0.4, -0.2) is 16.1 Å². The predicted octanol–water partition coefficient (Wildman–Crippen LogP) is 2.95. The molecule has 0 fully saturated rings. The van der Waals surface area contributed by atoms with Gasteiger partial charge in [-0.05, 0) is 6.07 Å². The molecule has 0 radical (unpaired) electrons. The molecule has 0 aliphatic heterocycles. The van der Waals surface area contributed by atoms with Crippen LogP contribution in [0.1, 0.15) is 5.56 Å². The third-order valence-electron chi connectivity index (χ3n) is 2.55. The molecule has 106 valence electrons. The number of benzene rings is 2. The predicted molar refractivity (Wildman–Crippen MR) is 77.4 cm³/mol. The summed E-state index contributed by atoms with van der Waals surface area (Å²) in [5.74, 6) is 0. The molecule has 0 aromatic heterocycles. The van der Waals surface area contributed by atoms with Crippen molar-refractivity contribution in [1.82, 2.24) is 0 Å². The van der Waals surface area contributed by atoms with Crippen LogP contribution in [0.25, 0.3) is 0 Å². The fraction of sp³-hybridized carbons (Fsp3) is 0. The Hall–Kier alpha value is -3.29. The highest BCUT2D eigenvalue weighted by Crippen LogP contribution is 2.17. The summed E-state index contributed by atoms with van der Waals surface area (Å²) in [5.41, 5.74) is 3.54. The molecule has 0 heterocycles. The number of nitrogens with one attached hydrogen (secondary N) is 1. The maximum absolute atomic E-state index is 10.6. The molecular formula is C13H10N4O4. The van der Waals surface area contributed by atoms with Gasteiger partial charge in [0.15, 0.2) is 0 Å². The SMILES string of the molecule is O=[N+]([O-])c1cccc(/C=N\Nc2cccc([N+](=O)[O-])c2)c1. The van der Waals surface area contributed by atoms with Crippen LogP contribution in [0.3, 0.4) is 0 Å². The molecule has 21 heavy (non-hydrogen) atoms. The van der Waals surface area contributed by atoms with Crippen molar-refractivity contribution < 1.29 is 9.85 Å². The van der Waals surface area contributed by atoms with Gasteiger partial charge in [0.25, 0.3) is 11.4 Å². The second kappa shape index (κ2) is 6.24. The lowest BCUT2D eigenvalue weighted by Gasteiger charge is -1.99. The summed E-state index contributed by atoms with van der Waals surface area (Å²) in [7, 11) is 0. The van der Waals surface area contributed by atoms with E-state index in [9.17, 15) is 20.2 Å². The van der Waals surface area contributed by atoms with Crippen LogP contribution < -0.4 is 5.43 Å². The molecule has 2 aromatic rings. The molecule has 0 spiro atoms. The minimum absolute atomic E-state index is 0.0331. The Labute approximate surface area is 119 Å². The van der Waals surface area contributed by atoms with Gasteiger partial charge in [0.05, 0.1) is 21.7 Å². The largest absolute Gasteiger partial charge is 0.278 e. The van der Waals surface area contributed by atoms with Gasteiger partial charge in [-0.25, -0.2) is 0 Å². The number of nitro benzene ring substituents is 2. The van der Waals surface area contributed by atoms with Gasteiger partial charge in [-0.1, -0.05) is 18.2 Å². The number of hydrogen-bond donors (Lipinski definition) is 1. The maximum atomic E-state index is 10.6. The van der Waals surface area contributed by atoms with Gasteiger partial charge >= 0.3 is 0 Å². The summed E-state index contributed by atoms with van der Waals surface area (Å²) in [4.78, 5) is 20.3. The van der Waals surface area contributed by atoms with Crippen LogP contribution in [0.5, 0.6) is 0 Å². The molecule has 0 unspecified atom stereocenters.